The summed E-state index contributed by atoms with van der Waals surface area (Å²) in [6, 6.07) is 16.6. The lowest BCUT2D eigenvalue weighted by Gasteiger charge is -2.25. The molecule has 0 fully saturated rings. The van der Waals surface area contributed by atoms with Crippen LogP contribution in [0.3, 0.4) is 0 Å². The van der Waals surface area contributed by atoms with Crippen LogP contribution < -0.4 is 5.32 Å². The number of rotatable bonds is 8. The van der Waals surface area contributed by atoms with E-state index in [1.807, 2.05) is 18.2 Å². The summed E-state index contributed by atoms with van der Waals surface area (Å²) in [5, 5.41) is 12.1. The molecule has 1 amide bonds. The number of amides is 1. The number of nitrogens with one attached hydrogen (secondary N) is 1. The van der Waals surface area contributed by atoms with E-state index in [2.05, 4.69) is 46.4 Å². The Morgan fingerprint density at radius 1 is 1.04 bits per heavy atom. The van der Waals surface area contributed by atoms with Crippen LogP contribution in [0, 0.1) is 5.82 Å². The summed E-state index contributed by atoms with van der Waals surface area (Å²) in [4.78, 5) is 14.6. The molecule has 28 heavy (non-hydrogen) atoms. The van der Waals surface area contributed by atoms with Crippen molar-refractivity contribution in [3.05, 3.63) is 81.6 Å². The van der Waals surface area contributed by atoms with Gasteiger partial charge in [0.2, 0.25) is 5.01 Å². The molecular weight excluding hydrogens is 375 g/mol. The normalized spacial score (nSPS) is 11.2. The molecule has 0 unspecified atom stereocenters. The summed E-state index contributed by atoms with van der Waals surface area (Å²) in [5.41, 5.74) is 2.06. The third-order valence-electron chi connectivity index (χ3n) is 4.32. The average molecular weight is 399 g/mol. The second-order valence-electron chi connectivity index (χ2n) is 6.79. The van der Waals surface area contributed by atoms with Crippen molar-refractivity contribution in [1.29, 1.82) is 0 Å². The number of halogens is 1. The molecule has 0 spiro atoms. The molecule has 0 atom stereocenters. The first-order valence-electron chi connectivity index (χ1n) is 9.14. The highest BCUT2D eigenvalue weighted by molar-refractivity contribution is 7.13. The largest absolute Gasteiger partial charge is 0.346 e. The SMILES string of the molecule is CC(C)N(Cc1ccccc1)Cc1nnc(C(=O)NCc2ccc(F)cc2)s1. The van der Waals surface area contributed by atoms with E-state index in [9.17, 15) is 9.18 Å². The molecule has 5 nitrogen and oxygen atoms in total. The van der Waals surface area contributed by atoms with E-state index in [0.29, 0.717) is 24.1 Å². The molecule has 146 valence electrons. The van der Waals surface area contributed by atoms with E-state index in [1.165, 1.54) is 29.0 Å². The van der Waals surface area contributed by atoms with Gasteiger partial charge in [0.05, 0.1) is 6.54 Å². The lowest BCUT2D eigenvalue weighted by molar-refractivity contribution is 0.0950. The maximum Gasteiger partial charge on any atom is 0.282 e. The zero-order valence-electron chi connectivity index (χ0n) is 15.9. The van der Waals surface area contributed by atoms with Crippen LogP contribution in [0.2, 0.25) is 0 Å². The van der Waals surface area contributed by atoms with E-state index in [4.69, 9.17) is 0 Å². The van der Waals surface area contributed by atoms with Gasteiger partial charge < -0.3 is 5.32 Å². The van der Waals surface area contributed by atoms with Crippen molar-refractivity contribution >= 4 is 17.2 Å². The van der Waals surface area contributed by atoms with E-state index in [-0.39, 0.29) is 11.7 Å². The average Bonchev–Trinajstić information content (AvgIpc) is 3.16. The van der Waals surface area contributed by atoms with Gasteiger partial charge in [-0.25, -0.2) is 4.39 Å². The van der Waals surface area contributed by atoms with E-state index >= 15 is 0 Å². The van der Waals surface area contributed by atoms with Gasteiger partial charge in [-0.05, 0) is 37.1 Å². The standard InChI is InChI=1S/C21H23FN4OS/c1-15(2)26(13-17-6-4-3-5-7-17)14-19-24-25-21(28-19)20(27)23-12-16-8-10-18(22)11-9-16/h3-11,15H,12-14H2,1-2H3,(H,23,27). The quantitative estimate of drug-likeness (QED) is 0.623. The van der Waals surface area contributed by atoms with Crippen molar-refractivity contribution in [2.45, 2.75) is 39.5 Å². The van der Waals surface area contributed by atoms with Crippen LogP contribution in [-0.2, 0) is 19.6 Å². The van der Waals surface area contributed by atoms with Gasteiger partial charge in [0.15, 0.2) is 0 Å². The smallest absolute Gasteiger partial charge is 0.282 e. The number of benzene rings is 2. The molecule has 0 saturated carbocycles. The fourth-order valence-corrected chi connectivity index (χ4v) is 3.46. The van der Waals surface area contributed by atoms with Crippen LogP contribution >= 0.6 is 11.3 Å². The Kier molecular flexibility index (Phi) is 6.84. The molecule has 7 heteroatoms. The summed E-state index contributed by atoms with van der Waals surface area (Å²) >= 11 is 1.30. The van der Waals surface area contributed by atoms with Crippen LogP contribution in [0.25, 0.3) is 0 Å². The fourth-order valence-electron chi connectivity index (χ4n) is 2.68. The highest BCUT2D eigenvalue weighted by atomic mass is 32.1. The Labute approximate surface area is 168 Å². The number of carbonyl (C=O) groups is 1. The minimum absolute atomic E-state index is 0.271. The van der Waals surface area contributed by atoms with Crippen LogP contribution in [0.15, 0.2) is 54.6 Å². The number of nitrogens with zero attached hydrogens (tertiary/aromatic N) is 3. The van der Waals surface area contributed by atoms with E-state index in [1.54, 1.807) is 12.1 Å². The molecule has 0 radical (unpaired) electrons. The molecule has 0 aliphatic carbocycles. The van der Waals surface area contributed by atoms with Crippen molar-refractivity contribution in [2.24, 2.45) is 0 Å². The van der Waals surface area contributed by atoms with Crippen LogP contribution in [-0.4, -0.2) is 27.0 Å². The molecule has 2 aromatic carbocycles. The van der Waals surface area contributed by atoms with Gasteiger partial charge in [0, 0.05) is 19.1 Å². The maximum absolute atomic E-state index is 12.9. The Hall–Kier alpha value is -2.64. The van der Waals surface area contributed by atoms with Crippen LogP contribution in [0.1, 0.15) is 39.8 Å². The summed E-state index contributed by atoms with van der Waals surface area (Å²) in [5.74, 6) is -0.568. The molecule has 0 saturated heterocycles. The highest BCUT2D eigenvalue weighted by Crippen LogP contribution is 2.17. The van der Waals surface area contributed by atoms with Crippen LogP contribution in [0.4, 0.5) is 4.39 Å². The number of hydrogen-bond acceptors (Lipinski definition) is 5. The molecule has 1 N–H and O–H groups in total. The Morgan fingerprint density at radius 3 is 2.43 bits per heavy atom. The number of carbonyl (C=O) groups excluding carboxylic acids is 1. The number of aromatic nitrogens is 2. The maximum atomic E-state index is 12.9. The first-order chi connectivity index (χ1) is 13.5. The molecular formula is C21H23FN4OS. The zero-order valence-corrected chi connectivity index (χ0v) is 16.7. The summed E-state index contributed by atoms with van der Waals surface area (Å²) < 4.78 is 12.9. The van der Waals surface area contributed by atoms with Gasteiger partial charge in [-0.3, -0.25) is 9.69 Å². The fraction of sp³-hybridized carbons (Fsp3) is 0.286. The highest BCUT2D eigenvalue weighted by Gasteiger charge is 2.17. The minimum atomic E-state index is -0.297. The van der Waals surface area contributed by atoms with Crippen molar-refractivity contribution < 1.29 is 9.18 Å². The third kappa shape index (κ3) is 5.68. The van der Waals surface area contributed by atoms with Crippen LogP contribution in [0.5, 0.6) is 0 Å². The van der Waals surface area contributed by atoms with Gasteiger partial charge in [0.25, 0.3) is 5.91 Å². The van der Waals surface area contributed by atoms with Gasteiger partial charge in [-0.1, -0.05) is 53.8 Å². The Morgan fingerprint density at radius 2 is 1.75 bits per heavy atom. The molecule has 0 aliphatic heterocycles. The van der Waals surface area contributed by atoms with Crippen molar-refractivity contribution in [1.82, 2.24) is 20.4 Å². The monoisotopic (exact) mass is 398 g/mol. The molecule has 0 bridgehead atoms. The minimum Gasteiger partial charge on any atom is -0.346 e. The second-order valence-corrected chi connectivity index (χ2v) is 7.86. The van der Waals surface area contributed by atoms with E-state index < -0.39 is 0 Å². The third-order valence-corrected chi connectivity index (χ3v) is 5.23. The van der Waals surface area contributed by atoms with Gasteiger partial charge in [-0.2, -0.15) is 0 Å². The van der Waals surface area contributed by atoms with Crippen molar-refractivity contribution in [3.8, 4) is 0 Å². The summed E-state index contributed by atoms with van der Waals surface area (Å²) in [6.07, 6.45) is 0. The Bertz CT molecular complexity index is 896. The lowest BCUT2D eigenvalue weighted by Crippen LogP contribution is -2.29. The summed E-state index contributed by atoms with van der Waals surface area (Å²) in [6.45, 7) is 6.04. The predicted molar refractivity (Wildman–Crippen MR) is 108 cm³/mol. The van der Waals surface area contributed by atoms with Gasteiger partial charge >= 0.3 is 0 Å². The van der Waals surface area contributed by atoms with E-state index in [0.717, 1.165) is 17.1 Å². The van der Waals surface area contributed by atoms with Crippen molar-refractivity contribution in [2.75, 3.05) is 0 Å². The molecule has 3 aromatic rings. The Balaban J connectivity index is 1.58. The zero-order chi connectivity index (χ0) is 19.9. The molecule has 3 rings (SSSR count). The molecule has 0 aliphatic rings. The van der Waals surface area contributed by atoms with Gasteiger partial charge in [0.1, 0.15) is 10.8 Å². The molecule has 1 aromatic heterocycles. The lowest BCUT2D eigenvalue weighted by atomic mass is 10.2. The summed E-state index contributed by atoms with van der Waals surface area (Å²) in [7, 11) is 0. The topological polar surface area (TPSA) is 58.1 Å². The van der Waals surface area contributed by atoms with Crippen molar-refractivity contribution in [3.63, 3.8) is 0 Å². The van der Waals surface area contributed by atoms with Gasteiger partial charge in [-0.15, -0.1) is 10.2 Å². The number of hydrogen-bond donors (Lipinski definition) is 1. The second kappa shape index (κ2) is 9.52. The first kappa shape index (κ1) is 20.1. The molecule has 1 heterocycles. The predicted octanol–water partition coefficient (Wildman–Crippen LogP) is 4.02. The first-order valence-corrected chi connectivity index (χ1v) is 9.96.